The number of fused-ring (bicyclic) bond motifs is 1. The second kappa shape index (κ2) is 15.1. The van der Waals surface area contributed by atoms with Crippen molar-refractivity contribution in [2.24, 2.45) is 0 Å². The summed E-state index contributed by atoms with van der Waals surface area (Å²) in [6.45, 7) is 4.30. The number of aliphatic hydroxyl groups is 1. The number of aliphatic carboxylic acids is 3. The first-order valence-electron chi connectivity index (χ1n) is 14.0. The standard InChI is InChI=1S/C23H27F3N4O2.C6H8O7/c1-3-17-13-21(23(24,25)26)30-22(27-17)14-19(28-30)20-8-5-9-29(20)15-16-6-4-7-18(12-16)32-11-10-31-2;7-3(8)1-6(13,5(11)12)2-4(9)10/h4,6-7,12-14,20H,3,5,8-11,15H2,1-2H3;13H,1-2H2,(H,7,8)(H,9,10)(H,11,12). The van der Waals surface area contributed by atoms with Crippen LogP contribution in [0.5, 0.6) is 5.75 Å². The van der Waals surface area contributed by atoms with Gasteiger partial charge in [-0.3, -0.25) is 14.5 Å². The van der Waals surface area contributed by atoms with Gasteiger partial charge in [0.05, 0.1) is 31.2 Å². The van der Waals surface area contributed by atoms with Crippen LogP contribution in [0.3, 0.4) is 0 Å². The zero-order valence-corrected chi connectivity index (χ0v) is 24.7. The van der Waals surface area contributed by atoms with Gasteiger partial charge in [-0.1, -0.05) is 19.1 Å². The van der Waals surface area contributed by atoms with Gasteiger partial charge in [-0.25, -0.2) is 14.3 Å². The summed E-state index contributed by atoms with van der Waals surface area (Å²) < 4.78 is 52.5. The molecule has 0 saturated carbocycles. The molecule has 4 N–H and O–H groups in total. The molecule has 1 saturated heterocycles. The highest BCUT2D eigenvalue weighted by atomic mass is 19.4. The van der Waals surface area contributed by atoms with Crippen molar-refractivity contribution in [2.45, 2.75) is 63.4 Å². The van der Waals surface area contributed by atoms with Crippen LogP contribution in [-0.4, -0.2) is 90.3 Å². The number of halogens is 3. The molecule has 1 unspecified atom stereocenters. The van der Waals surface area contributed by atoms with Crippen molar-refractivity contribution in [3.63, 3.8) is 0 Å². The van der Waals surface area contributed by atoms with Crippen LogP contribution in [0.15, 0.2) is 36.4 Å². The Labute approximate surface area is 255 Å². The van der Waals surface area contributed by atoms with Crippen LogP contribution in [0.2, 0.25) is 0 Å². The number of carbonyl (C=O) groups is 3. The van der Waals surface area contributed by atoms with E-state index in [4.69, 9.17) is 29.9 Å². The lowest BCUT2D eigenvalue weighted by molar-refractivity contribution is -0.170. The molecule has 1 atom stereocenters. The van der Waals surface area contributed by atoms with E-state index in [1.54, 1.807) is 20.1 Å². The number of carboxylic acid groups (broad SMARTS) is 3. The number of hydrogen-bond donors (Lipinski definition) is 4. The maximum Gasteiger partial charge on any atom is 0.433 e. The highest BCUT2D eigenvalue weighted by molar-refractivity contribution is 5.88. The quantitative estimate of drug-likeness (QED) is 0.200. The molecule has 246 valence electrons. The van der Waals surface area contributed by atoms with E-state index in [-0.39, 0.29) is 11.7 Å². The maximum atomic E-state index is 13.6. The van der Waals surface area contributed by atoms with E-state index in [2.05, 4.69) is 15.0 Å². The number of hydrogen-bond acceptors (Lipinski definition) is 9. The molecule has 3 aromatic rings. The minimum atomic E-state index is -4.49. The molecule has 45 heavy (non-hydrogen) atoms. The van der Waals surface area contributed by atoms with Crippen LogP contribution in [-0.2, 0) is 38.3 Å². The minimum Gasteiger partial charge on any atom is -0.491 e. The van der Waals surface area contributed by atoms with Crippen molar-refractivity contribution < 1.29 is 57.5 Å². The normalized spacial score (nSPS) is 15.5. The number of methoxy groups -OCH3 is 1. The van der Waals surface area contributed by atoms with E-state index < -0.39 is 48.2 Å². The second-order valence-electron chi connectivity index (χ2n) is 10.4. The van der Waals surface area contributed by atoms with E-state index in [9.17, 15) is 27.6 Å². The van der Waals surface area contributed by atoms with E-state index in [0.29, 0.717) is 37.6 Å². The number of likely N-dealkylation sites (tertiary alicyclic amines) is 1. The number of nitrogens with zero attached hydrogens (tertiary/aromatic N) is 4. The van der Waals surface area contributed by atoms with Gasteiger partial charge in [0.2, 0.25) is 0 Å². The number of aryl methyl sites for hydroxylation is 1. The number of benzene rings is 1. The van der Waals surface area contributed by atoms with Crippen molar-refractivity contribution in [1.82, 2.24) is 19.5 Å². The van der Waals surface area contributed by atoms with Crippen LogP contribution in [0, 0.1) is 0 Å². The first-order valence-corrected chi connectivity index (χ1v) is 14.0. The smallest absolute Gasteiger partial charge is 0.433 e. The minimum absolute atomic E-state index is 0.0547. The largest absolute Gasteiger partial charge is 0.491 e. The molecule has 1 aliphatic rings. The molecule has 1 aromatic carbocycles. The molecule has 1 fully saturated rings. The van der Waals surface area contributed by atoms with Crippen LogP contribution >= 0.6 is 0 Å². The van der Waals surface area contributed by atoms with Crippen molar-refractivity contribution >= 4 is 23.6 Å². The number of carboxylic acids is 3. The molecular weight excluding hydrogens is 605 g/mol. The predicted octanol–water partition coefficient (Wildman–Crippen LogP) is 3.42. The van der Waals surface area contributed by atoms with Gasteiger partial charge in [-0.15, -0.1) is 0 Å². The number of ether oxygens (including phenoxy) is 2. The van der Waals surface area contributed by atoms with Gasteiger partial charge in [0, 0.05) is 25.4 Å². The highest BCUT2D eigenvalue weighted by Gasteiger charge is 2.41. The summed E-state index contributed by atoms with van der Waals surface area (Å²) in [4.78, 5) is 37.1. The average molecular weight is 641 g/mol. The highest BCUT2D eigenvalue weighted by Crippen LogP contribution is 2.35. The fourth-order valence-electron chi connectivity index (χ4n) is 4.87. The van der Waals surface area contributed by atoms with E-state index >= 15 is 0 Å². The predicted molar refractivity (Wildman–Crippen MR) is 151 cm³/mol. The average Bonchev–Trinajstić information content (AvgIpc) is 3.58. The van der Waals surface area contributed by atoms with Crippen molar-refractivity contribution in [3.05, 3.63) is 59.0 Å². The van der Waals surface area contributed by atoms with E-state index in [1.165, 1.54) is 0 Å². The van der Waals surface area contributed by atoms with Gasteiger partial charge >= 0.3 is 24.1 Å². The van der Waals surface area contributed by atoms with Crippen LogP contribution < -0.4 is 4.74 Å². The zero-order valence-electron chi connectivity index (χ0n) is 24.7. The van der Waals surface area contributed by atoms with Gasteiger partial charge in [-0.2, -0.15) is 18.3 Å². The van der Waals surface area contributed by atoms with Gasteiger partial charge in [0.15, 0.2) is 11.2 Å². The Bertz CT molecular complexity index is 1480. The molecule has 0 amide bonds. The summed E-state index contributed by atoms with van der Waals surface area (Å²) in [5.74, 6) is -4.25. The van der Waals surface area contributed by atoms with Crippen LogP contribution in [0.4, 0.5) is 13.2 Å². The maximum absolute atomic E-state index is 13.6. The first kappa shape index (κ1) is 35.2. The Kier molecular flexibility index (Phi) is 11.8. The molecule has 16 heteroatoms. The molecule has 13 nitrogen and oxygen atoms in total. The Hall–Kier alpha value is -4.28. The molecule has 0 aliphatic carbocycles. The summed E-state index contributed by atoms with van der Waals surface area (Å²) in [5.41, 5.74) is -1.16. The molecular formula is C29H35F3N4O9. The number of alkyl halides is 3. The van der Waals surface area contributed by atoms with Crippen molar-refractivity contribution in [2.75, 3.05) is 26.9 Å². The van der Waals surface area contributed by atoms with Gasteiger partial charge in [0.25, 0.3) is 0 Å². The van der Waals surface area contributed by atoms with Crippen molar-refractivity contribution in [3.8, 4) is 5.75 Å². The number of aromatic nitrogens is 3. The topological polar surface area (TPSA) is 184 Å². The lowest BCUT2D eigenvalue weighted by Gasteiger charge is -2.23. The lowest BCUT2D eigenvalue weighted by atomic mass is 9.96. The third-order valence-corrected chi connectivity index (χ3v) is 6.98. The molecule has 1 aliphatic heterocycles. The molecule has 0 bridgehead atoms. The molecule has 2 aromatic heterocycles. The van der Waals surface area contributed by atoms with E-state index in [0.717, 1.165) is 41.3 Å². The van der Waals surface area contributed by atoms with Crippen LogP contribution in [0.25, 0.3) is 5.65 Å². The fourth-order valence-corrected chi connectivity index (χ4v) is 4.87. The zero-order chi connectivity index (χ0) is 33.4. The van der Waals surface area contributed by atoms with E-state index in [1.807, 2.05) is 24.3 Å². The second-order valence-corrected chi connectivity index (χ2v) is 10.4. The van der Waals surface area contributed by atoms with Gasteiger partial charge in [-0.05, 0) is 49.6 Å². The molecule has 4 rings (SSSR count). The van der Waals surface area contributed by atoms with Gasteiger partial charge in [0.1, 0.15) is 18.1 Å². The summed E-state index contributed by atoms with van der Waals surface area (Å²) in [6.07, 6.45) is -4.55. The fraction of sp³-hybridized carbons (Fsp3) is 0.483. The monoisotopic (exact) mass is 640 g/mol. The SMILES string of the molecule is CCc1cc(C(F)(F)F)n2nc(C3CCCN3Cc3cccc(OCCOC)c3)cc2n1.O=C(O)CC(O)(CC(=O)O)C(=O)O. The summed E-state index contributed by atoms with van der Waals surface area (Å²) in [5, 5.41) is 38.2. The molecule has 3 heterocycles. The lowest BCUT2D eigenvalue weighted by Crippen LogP contribution is -2.42. The number of rotatable bonds is 13. The Morgan fingerprint density at radius 1 is 1.04 bits per heavy atom. The Balaban J connectivity index is 0.000000360. The third-order valence-electron chi connectivity index (χ3n) is 6.98. The first-order chi connectivity index (χ1) is 21.2. The third kappa shape index (κ3) is 9.60. The summed E-state index contributed by atoms with van der Waals surface area (Å²) >= 11 is 0. The molecule has 0 radical (unpaired) electrons. The summed E-state index contributed by atoms with van der Waals surface area (Å²) in [7, 11) is 1.63. The van der Waals surface area contributed by atoms with Crippen molar-refractivity contribution in [1.29, 1.82) is 0 Å². The van der Waals surface area contributed by atoms with Gasteiger partial charge < -0.3 is 29.9 Å². The Morgan fingerprint density at radius 3 is 2.31 bits per heavy atom. The molecule has 0 spiro atoms. The van der Waals surface area contributed by atoms with Crippen LogP contribution in [0.1, 0.15) is 61.3 Å². The summed E-state index contributed by atoms with van der Waals surface area (Å²) in [6, 6.07) is 10.6. The Morgan fingerprint density at radius 2 is 1.73 bits per heavy atom.